The highest BCUT2D eigenvalue weighted by molar-refractivity contribution is 5.80. The summed E-state index contributed by atoms with van der Waals surface area (Å²) in [6.45, 7) is 2.52. The molecular weight excluding hydrogens is 255 g/mol. The first-order valence-corrected chi connectivity index (χ1v) is 6.46. The van der Waals surface area contributed by atoms with Crippen molar-refractivity contribution in [3.8, 4) is 0 Å². The average molecular weight is 272 g/mol. The van der Waals surface area contributed by atoms with Gasteiger partial charge >= 0.3 is 0 Å². The van der Waals surface area contributed by atoms with Gasteiger partial charge in [-0.1, -0.05) is 36.4 Å². The largest absolute Gasteiger partial charge is 0.374 e. The summed E-state index contributed by atoms with van der Waals surface area (Å²) in [6.07, 6.45) is 0. The molecule has 4 heteroatoms. The maximum absolute atomic E-state index is 13.3. The lowest BCUT2D eigenvalue weighted by molar-refractivity contribution is -0.119. The summed E-state index contributed by atoms with van der Waals surface area (Å²) < 4.78 is 13.3. The van der Waals surface area contributed by atoms with Crippen LogP contribution in [0.15, 0.2) is 48.5 Å². The van der Waals surface area contributed by atoms with Gasteiger partial charge in [-0.3, -0.25) is 4.79 Å². The third kappa shape index (κ3) is 3.82. The Kier molecular flexibility index (Phi) is 4.71. The molecule has 0 saturated heterocycles. The van der Waals surface area contributed by atoms with E-state index in [2.05, 4.69) is 10.6 Å². The summed E-state index contributed by atoms with van der Waals surface area (Å²) in [7, 11) is 0. The lowest BCUT2D eigenvalue weighted by Gasteiger charge is -2.09. The third-order valence-electron chi connectivity index (χ3n) is 3.05. The number of aryl methyl sites for hydroxylation is 1. The monoisotopic (exact) mass is 272 g/mol. The lowest BCUT2D eigenvalue weighted by atomic mass is 10.1. The van der Waals surface area contributed by atoms with Crippen molar-refractivity contribution in [1.82, 2.24) is 5.32 Å². The minimum atomic E-state index is -0.362. The van der Waals surface area contributed by atoms with Crippen LogP contribution in [0.25, 0.3) is 0 Å². The molecule has 0 aliphatic rings. The van der Waals surface area contributed by atoms with Crippen LogP contribution < -0.4 is 10.6 Å². The van der Waals surface area contributed by atoms with Crippen LogP contribution in [-0.4, -0.2) is 12.5 Å². The molecule has 0 saturated carbocycles. The Labute approximate surface area is 117 Å². The quantitative estimate of drug-likeness (QED) is 0.878. The fraction of sp³-hybridized carbons (Fsp3) is 0.188. The highest BCUT2D eigenvalue weighted by atomic mass is 19.1. The lowest BCUT2D eigenvalue weighted by Crippen LogP contribution is -2.29. The average Bonchev–Trinajstić information content (AvgIpc) is 2.45. The number of carbonyl (C=O) groups excluding carboxylic acids is 1. The summed E-state index contributed by atoms with van der Waals surface area (Å²) in [5.74, 6) is -0.532. The van der Waals surface area contributed by atoms with Gasteiger partial charge in [-0.25, -0.2) is 4.39 Å². The van der Waals surface area contributed by atoms with Crippen LogP contribution in [0.1, 0.15) is 11.1 Å². The van der Waals surface area contributed by atoms with Crippen molar-refractivity contribution in [3.05, 3.63) is 65.5 Å². The van der Waals surface area contributed by atoms with E-state index in [9.17, 15) is 9.18 Å². The molecule has 3 nitrogen and oxygen atoms in total. The molecular formula is C16H17FN2O. The zero-order valence-electron chi connectivity index (χ0n) is 11.3. The number of anilines is 1. The van der Waals surface area contributed by atoms with Gasteiger partial charge in [-0.15, -0.1) is 0 Å². The van der Waals surface area contributed by atoms with Gasteiger partial charge in [0.1, 0.15) is 5.82 Å². The minimum Gasteiger partial charge on any atom is -0.374 e. The molecule has 20 heavy (non-hydrogen) atoms. The van der Waals surface area contributed by atoms with Gasteiger partial charge < -0.3 is 10.6 Å². The van der Waals surface area contributed by atoms with Gasteiger partial charge in [0.2, 0.25) is 5.91 Å². The van der Waals surface area contributed by atoms with E-state index in [1.54, 1.807) is 18.2 Å². The van der Waals surface area contributed by atoms with Crippen molar-refractivity contribution in [1.29, 1.82) is 0 Å². The second-order valence-corrected chi connectivity index (χ2v) is 4.54. The predicted molar refractivity (Wildman–Crippen MR) is 77.9 cm³/mol. The van der Waals surface area contributed by atoms with Gasteiger partial charge in [-0.05, 0) is 30.2 Å². The van der Waals surface area contributed by atoms with Crippen LogP contribution in [0.4, 0.5) is 10.1 Å². The first kappa shape index (κ1) is 14.1. The van der Waals surface area contributed by atoms with E-state index in [0.717, 1.165) is 11.1 Å². The van der Waals surface area contributed by atoms with E-state index in [-0.39, 0.29) is 18.3 Å². The van der Waals surface area contributed by atoms with Crippen LogP contribution in [0.3, 0.4) is 0 Å². The number of hydrogen-bond acceptors (Lipinski definition) is 2. The molecule has 0 fully saturated rings. The number of hydrogen-bond donors (Lipinski definition) is 2. The Bertz CT molecular complexity index is 547. The summed E-state index contributed by atoms with van der Waals surface area (Å²) in [6, 6.07) is 14.2. The molecule has 104 valence electrons. The van der Waals surface area contributed by atoms with Crippen molar-refractivity contribution in [3.63, 3.8) is 0 Å². The molecule has 0 unspecified atom stereocenters. The Morgan fingerprint density at radius 2 is 1.80 bits per heavy atom. The fourth-order valence-electron chi connectivity index (χ4n) is 1.84. The van der Waals surface area contributed by atoms with E-state index >= 15 is 0 Å². The van der Waals surface area contributed by atoms with Gasteiger partial charge in [0.25, 0.3) is 0 Å². The molecule has 0 radical (unpaired) electrons. The van der Waals surface area contributed by atoms with Crippen molar-refractivity contribution in [2.24, 2.45) is 0 Å². The highest BCUT2D eigenvalue weighted by Gasteiger charge is 2.04. The smallest absolute Gasteiger partial charge is 0.239 e. The van der Waals surface area contributed by atoms with Crippen molar-refractivity contribution in [2.45, 2.75) is 13.5 Å². The molecule has 0 aromatic heterocycles. The molecule has 0 atom stereocenters. The second kappa shape index (κ2) is 6.70. The van der Waals surface area contributed by atoms with Crippen LogP contribution in [0, 0.1) is 12.7 Å². The van der Waals surface area contributed by atoms with Crippen LogP contribution in [0.2, 0.25) is 0 Å². The number of halogens is 1. The molecule has 0 bridgehead atoms. The van der Waals surface area contributed by atoms with Gasteiger partial charge in [0.05, 0.1) is 12.2 Å². The van der Waals surface area contributed by atoms with Gasteiger partial charge in [-0.2, -0.15) is 0 Å². The number of para-hydroxylation sites is 1. The summed E-state index contributed by atoms with van der Waals surface area (Å²) >= 11 is 0. The first-order chi connectivity index (χ1) is 9.66. The zero-order chi connectivity index (χ0) is 14.4. The Balaban J connectivity index is 1.82. The van der Waals surface area contributed by atoms with E-state index in [0.29, 0.717) is 12.2 Å². The molecule has 0 aliphatic carbocycles. The number of benzene rings is 2. The number of amides is 1. The van der Waals surface area contributed by atoms with E-state index in [4.69, 9.17) is 0 Å². The molecule has 0 spiro atoms. The number of carbonyl (C=O) groups is 1. The Morgan fingerprint density at radius 3 is 2.55 bits per heavy atom. The summed E-state index contributed by atoms with van der Waals surface area (Å²) in [5.41, 5.74) is 2.54. The maximum atomic E-state index is 13.3. The minimum absolute atomic E-state index is 0.0484. The summed E-state index contributed by atoms with van der Waals surface area (Å²) in [4.78, 5) is 11.7. The van der Waals surface area contributed by atoms with E-state index in [1.165, 1.54) is 6.07 Å². The standard InChI is InChI=1S/C16H17FN2O/c1-12-6-2-3-7-13(12)10-19-16(20)11-18-15-9-5-4-8-14(15)17/h2-9,18H,10-11H2,1H3,(H,19,20). The number of rotatable bonds is 5. The first-order valence-electron chi connectivity index (χ1n) is 6.46. The molecule has 2 N–H and O–H groups in total. The molecule has 0 aliphatic heterocycles. The van der Waals surface area contributed by atoms with Crippen LogP contribution in [0.5, 0.6) is 0 Å². The highest BCUT2D eigenvalue weighted by Crippen LogP contribution is 2.11. The molecule has 1 amide bonds. The van der Waals surface area contributed by atoms with Crippen LogP contribution in [-0.2, 0) is 11.3 Å². The molecule has 0 heterocycles. The molecule has 2 aromatic rings. The maximum Gasteiger partial charge on any atom is 0.239 e. The normalized spacial score (nSPS) is 10.1. The zero-order valence-corrected chi connectivity index (χ0v) is 11.3. The van der Waals surface area contributed by atoms with Crippen molar-refractivity contribution < 1.29 is 9.18 Å². The Morgan fingerprint density at radius 1 is 1.10 bits per heavy atom. The topological polar surface area (TPSA) is 41.1 Å². The van der Waals surface area contributed by atoms with Crippen molar-refractivity contribution >= 4 is 11.6 Å². The fourth-order valence-corrected chi connectivity index (χ4v) is 1.84. The van der Waals surface area contributed by atoms with E-state index < -0.39 is 0 Å². The van der Waals surface area contributed by atoms with Gasteiger partial charge in [0, 0.05) is 6.54 Å². The Hall–Kier alpha value is -2.36. The number of nitrogens with one attached hydrogen (secondary N) is 2. The summed E-state index contributed by atoms with van der Waals surface area (Å²) in [5, 5.41) is 5.58. The van der Waals surface area contributed by atoms with Crippen LogP contribution >= 0.6 is 0 Å². The molecule has 2 aromatic carbocycles. The predicted octanol–water partition coefficient (Wildman–Crippen LogP) is 2.86. The third-order valence-corrected chi connectivity index (χ3v) is 3.05. The SMILES string of the molecule is Cc1ccccc1CNC(=O)CNc1ccccc1F. The molecule has 2 rings (SSSR count). The van der Waals surface area contributed by atoms with Crippen molar-refractivity contribution in [2.75, 3.05) is 11.9 Å². The second-order valence-electron chi connectivity index (χ2n) is 4.54. The van der Waals surface area contributed by atoms with E-state index in [1.807, 2.05) is 31.2 Å². The van der Waals surface area contributed by atoms with Gasteiger partial charge in [0.15, 0.2) is 0 Å².